The zero-order chi connectivity index (χ0) is 14.5. The van der Waals surface area contributed by atoms with E-state index in [0.29, 0.717) is 12.1 Å². The molecule has 0 heterocycles. The van der Waals surface area contributed by atoms with Crippen molar-refractivity contribution in [1.82, 2.24) is 4.90 Å². The molecule has 0 spiro atoms. The number of nitrogens with zero attached hydrogens (tertiary/aromatic N) is 1. The number of carbonyl (C=O) groups excluding carboxylic acids is 1. The first-order valence-electron chi connectivity index (χ1n) is 6.36. The molecule has 0 radical (unpaired) electrons. The fourth-order valence-corrected chi connectivity index (χ4v) is 2.08. The maximum Gasteiger partial charge on any atom is 0.253 e. The summed E-state index contributed by atoms with van der Waals surface area (Å²) in [6.07, 6.45) is 0.800. The van der Waals surface area contributed by atoms with Crippen LogP contribution in [0.25, 0.3) is 0 Å². The number of phenolic OH excluding ortho intramolecular Hbond substituents is 1. The van der Waals surface area contributed by atoms with Gasteiger partial charge in [-0.1, -0.05) is 41.9 Å². The van der Waals surface area contributed by atoms with Crippen molar-refractivity contribution >= 4 is 17.5 Å². The Bertz CT molecular complexity index is 599. The van der Waals surface area contributed by atoms with Crippen molar-refractivity contribution < 1.29 is 9.90 Å². The average molecular weight is 290 g/mol. The molecule has 3 nitrogen and oxygen atoms in total. The van der Waals surface area contributed by atoms with E-state index >= 15 is 0 Å². The van der Waals surface area contributed by atoms with Crippen molar-refractivity contribution in [3.05, 3.63) is 64.7 Å². The van der Waals surface area contributed by atoms with Crippen LogP contribution >= 0.6 is 11.6 Å². The van der Waals surface area contributed by atoms with Gasteiger partial charge in [0.05, 0.1) is 5.02 Å². The van der Waals surface area contributed by atoms with Gasteiger partial charge in [0, 0.05) is 19.2 Å². The molecule has 0 saturated heterocycles. The Morgan fingerprint density at radius 2 is 1.90 bits per heavy atom. The Balaban J connectivity index is 1.99. The van der Waals surface area contributed by atoms with E-state index in [9.17, 15) is 9.90 Å². The first-order chi connectivity index (χ1) is 9.58. The van der Waals surface area contributed by atoms with Crippen molar-refractivity contribution in [2.45, 2.75) is 6.42 Å². The molecule has 0 atom stereocenters. The number of likely N-dealkylation sites (N-methyl/N-ethyl adjacent to an activating group) is 1. The van der Waals surface area contributed by atoms with Crippen molar-refractivity contribution in [1.29, 1.82) is 0 Å². The number of hydrogen-bond acceptors (Lipinski definition) is 2. The second-order valence-electron chi connectivity index (χ2n) is 4.63. The van der Waals surface area contributed by atoms with E-state index in [1.54, 1.807) is 18.0 Å². The summed E-state index contributed by atoms with van der Waals surface area (Å²) in [5, 5.41) is 9.55. The first kappa shape index (κ1) is 14.4. The average Bonchev–Trinajstić information content (AvgIpc) is 2.48. The number of carbonyl (C=O) groups is 1. The van der Waals surface area contributed by atoms with Crippen LogP contribution in [0.2, 0.25) is 5.02 Å². The van der Waals surface area contributed by atoms with Gasteiger partial charge in [0.15, 0.2) is 0 Å². The van der Waals surface area contributed by atoms with Crippen molar-refractivity contribution in [3.8, 4) is 5.75 Å². The van der Waals surface area contributed by atoms with E-state index < -0.39 is 0 Å². The molecule has 20 heavy (non-hydrogen) atoms. The Hall–Kier alpha value is -2.00. The summed E-state index contributed by atoms with van der Waals surface area (Å²) in [4.78, 5) is 13.9. The zero-order valence-corrected chi connectivity index (χ0v) is 12.0. The summed E-state index contributed by atoms with van der Waals surface area (Å²) < 4.78 is 0. The molecular formula is C16H16ClNO2. The highest BCUT2D eigenvalue weighted by Crippen LogP contribution is 2.24. The summed E-state index contributed by atoms with van der Waals surface area (Å²) in [6.45, 7) is 0.626. The molecule has 4 heteroatoms. The molecule has 0 aliphatic heterocycles. The zero-order valence-electron chi connectivity index (χ0n) is 11.2. The SMILES string of the molecule is CN(CCc1ccccc1)C(=O)c1ccc(O)c(Cl)c1. The largest absolute Gasteiger partial charge is 0.506 e. The van der Waals surface area contributed by atoms with E-state index in [-0.39, 0.29) is 16.7 Å². The number of hydrogen-bond donors (Lipinski definition) is 1. The van der Waals surface area contributed by atoms with Crippen LogP contribution in [0.5, 0.6) is 5.75 Å². The van der Waals surface area contributed by atoms with Crippen LogP contribution in [0.15, 0.2) is 48.5 Å². The van der Waals surface area contributed by atoms with Crippen LogP contribution in [-0.4, -0.2) is 29.5 Å². The number of benzene rings is 2. The molecule has 0 aliphatic carbocycles. The van der Waals surface area contributed by atoms with E-state index in [1.165, 1.54) is 17.7 Å². The Morgan fingerprint density at radius 3 is 2.55 bits per heavy atom. The van der Waals surface area contributed by atoms with Crippen LogP contribution in [0.4, 0.5) is 0 Å². The second-order valence-corrected chi connectivity index (χ2v) is 5.04. The van der Waals surface area contributed by atoms with Gasteiger partial charge in [-0.05, 0) is 30.2 Å². The molecule has 0 bridgehead atoms. The minimum atomic E-state index is -0.108. The molecule has 0 aliphatic rings. The first-order valence-corrected chi connectivity index (χ1v) is 6.73. The van der Waals surface area contributed by atoms with Crippen molar-refractivity contribution in [3.63, 3.8) is 0 Å². The highest BCUT2D eigenvalue weighted by atomic mass is 35.5. The lowest BCUT2D eigenvalue weighted by atomic mass is 10.1. The number of rotatable bonds is 4. The van der Waals surface area contributed by atoms with Gasteiger partial charge in [-0.2, -0.15) is 0 Å². The van der Waals surface area contributed by atoms with Gasteiger partial charge in [-0.25, -0.2) is 0 Å². The fraction of sp³-hybridized carbons (Fsp3) is 0.188. The molecule has 0 saturated carbocycles. The Morgan fingerprint density at radius 1 is 1.20 bits per heavy atom. The maximum absolute atomic E-state index is 12.2. The number of amides is 1. The van der Waals surface area contributed by atoms with Crippen LogP contribution in [-0.2, 0) is 6.42 Å². The monoisotopic (exact) mass is 289 g/mol. The van der Waals surface area contributed by atoms with E-state index in [1.807, 2.05) is 30.3 Å². The molecule has 2 rings (SSSR count). The normalized spacial score (nSPS) is 10.3. The summed E-state index contributed by atoms with van der Waals surface area (Å²) >= 11 is 5.81. The van der Waals surface area contributed by atoms with Gasteiger partial charge in [0.25, 0.3) is 5.91 Å². The molecule has 2 aromatic carbocycles. The van der Waals surface area contributed by atoms with Gasteiger partial charge in [0.2, 0.25) is 0 Å². The van der Waals surface area contributed by atoms with Crippen molar-refractivity contribution in [2.24, 2.45) is 0 Å². The lowest BCUT2D eigenvalue weighted by Gasteiger charge is -2.17. The molecule has 104 valence electrons. The number of halogens is 1. The highest BCUT2D eigenvalue weighted by Gasteiger charge is 2.13. The van der Waals surface area contributed by atoms with Crippen LogP contribution in [0.1, 0.15) is 15.9 Å². The third-order valence-electron chi connectivity index (χ3n) is 3.12. The van der Waals surface area contributed by atoms with Gasteiger partial charge < -0.3 is 10.0 Å². The number of aromatic hydroxyl groups is 1. The Labute approximate surface area is 123 Å². The van der Waals surface area contributed by atoms with E-state index in [0.717, 1.165) is 6.42 Å². The lowest BCUT2D eigenvalue weighted by molar-refractivity contribution is 0.0796. The minimum Gasteiger partial charge on any atom is -0.506 e. The molecule has 1 N–H and O–H groups in total. The van der Waals surface area contributed by atoms with Crippen molar-refractivity contribution in [2.75, 3.05) is 13.6 Å². The summed E-state index contributed by atoms with van der Waals surface area (Å²) in [7, 11) is 1.76. The molecule has 2 aromatic rings. The molecule has 0 aromatic heterocycles. The summed E-state index contributed by atoms with van der Waals surface area (Å²) in [5.41, 5.74) is 1.67. The van der Waals surface area contributed by atoms with E-state index in [2.05, 4.69) is 0 Å². The van der Waals surface area contributed by atoms with Crippen LogP contribution in [0.3, 0.4) is 0 Å². The molecule has 1 amide bonds. The van der Waals surface area contributed by atoms with Crippen LogP contribution < -0.4 is 0 Å². The molecule has 0 fully saturated rings. The van der Waals surface area contributed by atoms with Crippen LogP contribution in [0, 0.1) is 0 Å². The van der Waals surface area contributed by atoms with E-state index in [4.69, 9.17) is 11.6 Å². The molecule has 0 unspecified atom stereocenters. The van der Waals surface area contributed by atoms with Gasteiger partial charge in [-0.15, -0.1) is 0 Å². The fourth-order valence-electron chi connectivity index (χ4n) is 1.90. The summed E-state index contributed by atoms with van der Waals surface area (Å²) in [6, 6.07) is 14.5. The topological polar surface area (TPSA) is 40.5 Å². The maximum atomic E-state index is 12.2. The lowest BCUT2D eigenvalue weighted by Crippen LogP contribution is -2.28. The predicted molar refractivity (Wildman–Crippen MR) is 80.2 cm³/mol. The summed E-state index contributed by atoms with van der Waals surface area (Å²) in [5.74, 6) is -0.127. The third kappa shape index (κ3) is 3.52. The van der Waals surface area contributed by atoms with Gasteiger partial charge >= 0.3 is 0 Å². The third-order valence-corrected chi connectivity index (χ3v) is 3.42. The predicted octanol–water partition coefficient (Wildman–Crippen LogP) is 3.36. The highest BCUT2D eigenvalue weighted by molar-refractivity contribution is 6.32. The quantitative estimate of drug-likeness (QED) is 0.937. The van der Waals surface area contributed by atoms with Gasteiger partial charge in [0.1, 0.15) is 5.75 Å². The molecular weight excluding hydrogens is 274 g/mol. The smallest absolute Gasteiger partial charge is 0.253 e. The second kappa shape index (κ2) is 6.44. The number of phenols is 1. The standard InChI is InChI=1S/C16H16ClNO2/c1-18(10-9-12-5-3-2-4-6-12)16(20)13-7-8-15(19)14(17)11-13/h2-8,11,19H,9-10H2,1H3. The van der Waals surface area contributed by atoms with Gasteiger partial charge in [-0.3, -0.25) is 4.79 Å². The Kier molecular flexibility index (Phi) is 4.64. The minimum absolute atomic E-state index is 0.0184.